The van der Waals surface area contributed by atoms with Crippen LogP contribution in [0.5, 0.6) is 0 Å². The predicted octanol–water partition coefficient (Wildman–Crippen LogP) is 0.858. The van der Waals surface area contributed by atoms with Crippen LogP contribution in [0.4, 0.5) is 0 Å². The van der Waals surface area contributed by atoms with E-state index < -0.39 is 10.0 Å². The fourth-order valence-corrected chi connectivity index (χ4v) is 2.96. The molecule has 0 spiro atoms. The van der Waals surface area contributed by atoms with Gasteiger partial charge >= 0.3 is 0 Å². The number of thiazole rings is 1. The van der Waals surface area contributed by atoms with Crippen LogP contribution < -0.4 is 4.72 Å². The van der Waals surface area contributed by atoms with Crippen LogP contribution in [0.15, 0.2) is 34.4 Å². The van der Waals surface area contributed by atoms with E-state index in [0.29, 0.717) is 0 Å². The van der Waals surface area contributed by atoms with Gasteiger partial charge in [0.25, 0.3) is 10.0 Å². The smallest absolute Gasteiger partial charge is 0.268 e. The number of aromatic nitrogens is 3. The summed E-state index contributed by atoms with van der Waals surface area (Å²) >= 11 is 1.08. The van der Waals surface area contributed by atoms with Crippen LogP contribution in [-0.4, -0.2) is 30.1 Å². The van der Waals surface area contributed by atoms with Crippen molar-refractivity contribution in [2.45, 2.75) is 4.34 Å². The van der Waals surface area contributed by atoms with E-state index in [1.807, 2.05) is 0 Å². The number of aromatic amines is 1. The molecule has 0 saturated carbocycles. The second kappa shape index (κ2) is 5.21. The molecular weight excluding hydrogens is 260 g/mol. The Morgan fingerprint density at radius 2 is 2.41 bits per heavy atom. The van der Waals surface area contributed by atoms with E-state index in [4.69, 9.17) is 0 Å². The van der Waals surface area contributed by atoms with Crippen molar-refractivity contribution < 1.29 is 8.42 Å². The van der Waals surface area contributed by atoms with Crippen molar-refractivity contribution in [3.8, 4) is 0 Å². The van der Waals surface area contributed by atoms with Gasteiger partial charge in [0, 0.05) is 29.9 Å². The Morgan fingerprint density at radius 3 is 3.06 bits per heavy atom. The Labute approximate surface area is 102 Å². The van der Waals surface area contributed by atoms with E-state index in [-0.39, 0.29) is 10.9 Å². The van der Waals surface area contributed by atoms with Gasteiger partial charge in [0.1, 0.15) is 0 Å². The average molecular weight is 270 g/mol. The third-order valence-corrected chi connectivity index (χ3v) is 4.48. The van der Waals surface area contributed by atoms with E-state index in [0.717, 1.165) is 16.9 Å². The zero-order valence-electron chi connectivity index (χ0n) is 8.70. The molecule has 8 heteroatoms. The molecular formula is C9H10N4O2S2. The van der Waals surface area contributed by atoms with Gasteiger partial charge in [-0.15, -0.1) is 11.3 Å². The van der Waals surface area contributed by atoms with Crippen molar-refractivity contribution in [1.82, 2.24) is 19.9 Å². The molecule has 0 atom stereocenters. The Morgan fingerprint density at radius 1 is 1.53 bits per heavy atom. The van der Waals surface area contributed by atoms with Crippen LogP contribution in [0.1, 0.15) is 5.56 Å². The molecule has 0 radical (unpaired) electrons. The SMILES string of the molecule is O=S(=O)(NCC=Cc1cn[nH]c1)c1nccs1. The summed E-state index contributed by atoms with van der Waals surface area (Å²) in [5.74, 6) is 0. The highest BCUT2D eigenvalue weighted by atomic mass is 32.2. The topological polar surface area (TPSA) is 87.7 Å². The minimum atomic E-state index is -3.48. The molecule has 90 valence electrons. The summed E-state index contributed by atoms with van der Waals surface area (Å²) in [4.78, 5) is 3.75. The van der Waals surface area contributed by atoms with Crippen molar-refractivity contribution in [3.63, 3.8) is 0 Å². The minimum absolute atomic E-state index is 0.0780. The molecule has 6 nitrogen and oxygen atoms in total. The standard InChI is InChI=1S/C9H10N4O2S2/c14-17(15,9-10-4-5-16-9)13-3-1-2-8-6-11-12-7-8/h1-2,4-7,13H,3H2,(H,11,12). The summed E-state index contributed by atoms with van der Waals surface area (Å²) in [5.41, 5.74) is 0.887. The summed E-state index contributed by atoms with van der Waals surface area (Å²) in [7, 11) is -3.48. The molecule has 2 aromatic rings. The summed E-state index contributed by atoms with van der Waals surface area (Å²) in [6, 6.07) is 0. The van der Waals surface area contributed by atoms with Crippen molar-refractivity contribution in [1.29, 1.82) is 0 Å². The second-order valence-electron chi connectivity index (χ2n) is 3.08. The lowest BCUT2D eigenvalue weighted by atomic mass is 10.3. The van der Waals surface area contributed by atoms with Crippen LogP contribution in [0.25, 0.3) is 6.08 Å². The molecule has 0 aliphatic heterocycles. The molecule has 0 amide bonds. The van der Waals surface area contributed by atoms with Crippen molar-refractivity contribution in [2.75, 3.05) is 6.54 Å². The molecule has 0 aliphatic rings. The average Bonchev–Trinajstić information content (AvgIpc) is 2.97. The number of sulfonamides is 1. The molecule has 2 rings (SSSR count). The maximum atomic E-state index is 11.6. The van der Waals surface area contributed by atoms with Crippen molar-refractivity contribution >= 4 is 27.4 Å². The van der Waals surface area contributed by atoms with Gasteiger partial charge in [-0.3, -0.25) is 5.10 Å². The third-order valence-electron chi connectivity index (χ3n) is 1.86. The number of hydrogen-bond donors (Lipinski definition) is 2. The Balaban J connectivity index is 1.91. The lowest BCUT2D eigenvalue weighted by molar-refractivity contribution is 0.585. The first-order valence-electron chi connectivity index (χ1n) is 4.73. The second-order valence-corrected chi connectivity index (χ2v) is 5.92. The fraction of sp³-hybridized carbons (Fsp3) is 0.111. The Bertz CT molecular complexity index is 573. The number of nitrogens with zero attached hydrogens (tertiary/aromatic N) is 2. The Hall–Kier alpha value is -1.51. The number of rotatable bonds is 5. The highest BCUT2D eigenvalue weighted by Crippen LogP contribution is 2.10. The van der Waals surface area contributed by atoms with Crippen LogP contribution in [-0.2, 0) is 10.0 Å². The van der Waals surface area contributed by atoms with Gasteiger partial charge in [-0.1, -0.05) is 12.2 Å². The zero-order chi connectivity index (χ0) is 12.1. The van der Waals surface area contributed by atoms with E-state index in [2.05, 4.69) is 19.9 Å². The third kappa shape index (κ3) is 3.22. The monoisotopic (exact) mass is 270 g/mol. The minimum Gasteiger partial charge on any atom is -0.285 e. The predicted molar refractivity (Wildman–Crippen MR) is 64.9 cm³/mol. The quantitative estimate of drug-likeness (QED) is 0.843. The van der Waals surface area contributed by atoms with Crippen LogP contribution in [0.3, 0.4) is 0 Å². The summed E-state index contributed by atoms with van der Waals surface area (Å²) < 4.78 is 25.8. The first-order chi connectivity index (χ1) is 8.18. The highest BCUT2D eigenvalue weighted by Gasteiger charge is 2.14. The van der Waals surface area contributed by atoms with Gasteiger partial charge in [-0.25, -0.2) is 18.1 Å². The van der Waals surface area contributed by atoms with Gasteiger partial charge in [-0.05, 0) is 0 Å². The molecule has 2 aromatic heterocycles. The lowest BCUT2D eigenvalue weighted by Gasteiger charge is -1.99. The van der Waals surface area contributed by atoms with Gasteiger partial charge in [0.05, 0.1) is 6.20 Å². The molecule has 0 unspecified atom stereocenters. The first-order valence-corrected chi connectivity index (χ1v) is 7.09. The molecule has 0 aromatic carbocycles. The zero-order valence-corrected chi connectivity index (χ0v) is 10.3. The Kier molecular flexibility index (Phi) is 3.67. The van der Waals surface area contributed by atoms with Crippen LogP contribution in [0.2, 0.25) is 0 Å². The van der Waals surface area contributed by atoms with Gasteiger partial charge in [-0.2, -0.15) is 5.10 Å². The molecule has 2 heterocycles. The molecule has 17 heavy (non-hydrogen) atoms. The van der Waals surface area contributed by atoms with Crippen LogP contribution >= 0.6 is 11.3 Å². The van der Waals surface area contributed by atoms with E-state index >= 15 is 0 Å². The van der Waals surface area contributed by atoms with E-state index in [9.17, 15) is 8.42 Å². The van der Waals surface area contributed by atoms with Gasteiger partial charge in [0.2, 0.25) is 4.34 Å². The number of H-pyrrole nitrogens is 1. The van der Waals surface area contributed by atoms with Gasteiger partial charge in [0.15, 0.2) is 0 Å². The maximum absolute atomic E-state index is 11.6. The first kappa shape index (κ1) is 12.0. The van der Waals surface area contributed by atoms with E-state index in [1.165, 1.54) is 6.20 Å². The lowest BCUT2D eigenvalue weighted by Crippen LogP contribution is -2.23. The molecule has 0 saturated heterocycles. The number of nitrogens with one attached hydrogen (secondary N) is 2. The van der Waals surface area contributed by atoms with Crippen molar-refractivity contribution in [2.24, 2.45) is 0 Å². The molecule has 0 fully saturated rings. The summed E-state index contributed by atoms with van der Waals surface area (Å²) in [5, 5.41) is 8.05. The molecule has 0 aliphatic carbocycles. The van der Waals surface area contributed by atoms with Gasteiger partial charge < -0.3 is 0 Å². The highest BCUT2D eigenvalue weighted by molar-refractivity contribution is 7.91. The summed E-state index contributed by atoms with van der Waals surface area (Å²) in [6.45, 7) is 0.215. The molecule has 2 N–H and O–H groups in total. The summed E-state index contributed by atoms with van der Waals surface area (Å²) in [6.07, 6.45) is 8.29. The maximum Gasteiger partial charge on any atom is 0.268 e. The van der Waals surface area contributed by atoms with Crippen LogP contribution in [0, 0.1) is 0 Å². The molecule has 0 bridgehead atoms. The van der Waals surface area contributed by atoms with Crippen molar-refractivity contribution in [3.05, 3.63) is 35.6 Å². The van der Waals surface area contributed by atoms with E-state index in [1.54, 1.807) is 29.9 Å². The fourth-order valence-electron chi connectivity index (χ4n) is 1.11. The number of hydrogen-bond acceptors (Lipinski definition) is 5. The normalized spacial score (nSPS) is 12.2. The largest absolute Gasteiger partial charge is 0.285 e.